The first-order valence-electron chi connectivity index (χ1n) is 5.31. The van der Waals surface area contributed by atoms with Crippen molar-refractivity contribution in [1.82, 2.24) is 0 Å². The minimum atomic E-state index is -4.84. The molecular weight excluding hydrogens is 261 g/mol. The van der Waals surface area contributed by atoms with E-state index in [0.29, 0.717) is 5.39 Å². The lowest BCUT2D eigenvalue weighted by molar-refractivity contribution is -0.211. The Morgan fingerprint density at radius 2 is 1.68 bits per heavy atom. The Kier molecular flexibility index (Phi) is 3.33. The van der Waals surface area contributed by atoms with Crippen molar-refractivity contribution >= 4 is 16.9 Å². The lowest BCUT2D eigenvalue weighted by atomic mass is 10.00. The van der Waals surface area contributed by atoms with Crippen LogP contribution in [0.4, 0.5) is 18.0 Å². The summed E-state index contributed by atoms with van der Waals surface area (Å²) in [6, 6.07) is 10.6. The van der Waals surface area contributed by atoms with Crippen molar-refractivity contribution in [3.05, 3.63) is 48.0 Å². The molecule has 0 aliphatic heterocycles. The summed E-state index contributed by atoms with van der Waals surface area (Å²) in [7, 11) is 0. The van der Waals surface area contributed by atoms with E-state index in [4.69, 9.17) is 0 Å². The van der Waals surface area contributed by atoms with Crippen LogP contribution in [-0.2, 0) is 9.84 Å². The van der Waals surface area contributed by atoms with Crippen LogP contribution < -0.4 is 0 Å². The fourth-order valence-electron chi connectivity index (χ4n) is 1.88. The van der Waals surface area contributed by atoms with Gasteiger partial charge in [-0.3, -0.25) is 0 Å². The molecule has 2 rings (SSSR count). The van der Waals surface area contributed by atoms with Crippen LogP contribution in [0.5, 0.6) is 0 Å². The largest absolute Gasteiger partial charge is 0.550 e. The van der Waals surface area contributed by atoms with Gasteiger partial charge in [0.15, 0.2) is 0 Å². The summed E-state index contributed by atoms with van der Waals surface area (Å²) in [5, 5.41) is 11.2. The Hall–Kier alpha value is -2.24. The summed E-state index contributed by atoms with van der Waals surface area (Å²) in [6.07, 6.45) is -9.61. The second kappa shape index (κ2) is 4.79. The molecule has 2 aromatic rings. The molecule has 19 heavy (non-hydrogen) atoms. The Labute approximate surface area is 106 Å². The zero-order chi connectivity index (χ0) is 14.0. The fraction of sp³-hybridized carbons (Fsp3) is 0.154. The number of benzene rings is 2. The highest BCUT2D eigenvalue weighted by Gasteiger charge is 2.45. The van der Waals surface area contributed by atoms with Gasteiger partial charge in [0.2, 0.25) is 6.10 Å². The van der Waals surface area contributed by atoms with Gasteiger partial charge < -0.3 is 4.74 Å². The quantitative estimate of drug-likeness (QED) is 0.773. The zero-order valence-electron chi connectivity index (χ0n) is 9.48. The molecule has 0 spiro atoms. The van der Waals surface area contributed by atoms with E-state index in [-0.39, 0.29) is 10.9 Å². The number of fused-ring (bicyclic) bond motifs is 1. The molecule has 0 aliphatic carbocycles. The van der Waals surface area contributed by atoms with Gasteiger partial charge in [-0.25, -0.2) is 0 Å². The van der Waals surface area contributed by atoms with E-state index < -0.39 is 18.4 Å². The van der Waals surface area contributed by atoms with E-state index >= 15 is 0 Å². The molecule has 1 atom stereocenters. The van der Waals surface area contributed by atoms with Gasteiger partial charge in [-0.05, 0) is 10.8 Å². The van der Waals surface area contributed by atoms with Gasteiger partial charge in [-0.2, -0.15) is 23.1 Å². The number of hydrogen-bond acceptors (Lipinski definition) is 2. The molecular formula is C13H8F3O3. The van der Waals surface area contributed by atoms with Crippen LogP contribution in [-0.4, -0.2) is 12.3 Å². The van der Waals surface area contributed by atoms with E-state index in [1.165, 1.54) is 18.2 Å². The van der Waals surface area contributed by atoms with Crippen molar-refractivity contribution in [3.8, 4) is 0 Å². The zero-order valence-corrected chi connectivity index (χ0v) is 9.48. The Balaban J connectivity index is 2.59. The molecule has 1 radical (unpaired) electrons. The average molecular weight is 269 g/mol. The number of alkyl halides is 3. The molecule has 0 aromatic heterocycles. The summed E-state index contributed by atoms with van der Waals surface area (Å²) >= 11 is 0. The van der Waals surface area contributed by atoms with Crippen LogP contribution in [0.15, 0.2) is 42.5 Å². The summed E-state index contributed by atoms with van der Waals surface area (Å²) in [5.41, 5.74) is -0.255. The molecule has 0 saturated heterocycles. The average Bonchev–Trinajstić information content (AvgIpc) is 2.34. The maximum absolute atomic E-state index is 12.9. The maximum atomic E-state index is 12.9. The highest BCUT2D eigenvalue weighted by molar-refractivity contribution is 5.86. The van der Waals surface area contributed by atoms with Gasteiger partial charge in [-0.15, -0.1) is 0 Å². The van der Waals surface area contributed by atoms with E-state index in [1.807, 2.05) is 0 Å². The predicted molar refractivity (Wildman–Crippen MR) is 59.9 cm³/mol. The van der Waals surface area contributed by atoms with Crippen molar-refractivity contribution < 1.29 is 27.8 Å². The van der Waals surface area contributed by atoms with Crippen LogP contribution in [0.1, 0.15) is 11.7 Å². The van der Waals surface area contributed by atoms with Gasteiger partial charge >= 0.3 is 12.3 Å². The fourth-order valence-corrected chi connectivity index (χ4v) is 1.88. The van der Waals surface area contributed by atoms with Gasteiger partial charge in [-0.1, -0.05) is 42.5 Å². The summed E-state index contributed by atoms with van der Waals surface area (Å²) in [6.45, 7) is 0. The first kappa shape index (κ1) is 13.2. The number of halogens is 3. The third-order valence-electron chi connectivity index (χ3n) is 2.62. The summed E-state index contributed by atoms with van der Waals surface area (Å²) in [5.74, 6) is 0. The van der Waals surface area contributed by atoms with Crippen molar-refractivity contribution in [1.29, 1.82) is 0 Å². The molecule has 2 aromatic carbocycles. The number of carbonyl (C=O) groups excluding carboxylic acids is 1. The number of carbonyl (C=O) groups is 1. The monoisotopic (exact) mass is 269 g/mol. The van der Waals surface area contributed by atoms with Gasteiger partial charge in [0.05, 0.1) is 0 Å². The summed E-state index contributed by atoms with van der Waals surface area (Å²) < 4.78 is 42.5. The molecule has 0 fully saturated rings. The van der Waals surface area contributed by atoms with Crippen molar-refractivity contribution in [3.63, 3.8) is 0 Å². The summed E-state index contributed by atoms with van der Waals surface area (Å²) in [4.78, 5) is 10.3. The smallest absolute Gasteiger partial charge is 0.414 e. The molecule has 0 saturated carbocycles. The van der Waals surface area contributed by atoms with E-state index in [1.54, 1.807) is 24.3 Å². The topological polar surface area (TPSA) is 46.2 Å². The van der Waals surface area contributed by atoms with Crippen molar-refractivity contribution in [2.24, 2.45) is 0 Å². The lowest BCUT2D eigenvalue weighted by Gasteiger charge is -2.20. The molecule has 1 unspecified atom stereocenters. The first-order valence-corrected chi connectivity index (χ1v) is 5.31. The Bertz CT molecular complexity index is 602. The van der Waals surface area contributed by atoms with Gasteiger partial charge in [0.25, 0.3) is 0 Å². The van der Waals surface area contributed by atoms with Crippen molar-refractivity contribution in [2.45, 2.75) is 12.3 Å². The first-order chi connectivity index (χ1) is 8.89. The van der Waals surface area contributed by atoms with Crippen LogP contribution in [0, 0.1) is 0 Å². The van der Waals surface area contributed by atoms with Crippen LogP contribution in [0.25, 0.3) is 10.8 Å². The normalized spacial score (nSPS) is 13.2. The van der Waals surface area contributed by atoms with E-state index in [9.17, 15) is 23.1 Å². The molecule has 0 N–H and O–H groups in total. The van der Waals surface area contributed by atoms with Crippen LogP contribution >= 0.6 is 0 Å². The lowest BCUT2D eigenvalue weighted by Crippen LogP contribution is -2.25. The third kappa shape index (κ3) is 2.78. The molecule has 0 amide bonds. The van der Waals surface area contributed by atoms with E-state index in [0.717, 1.165) is 0 Å². The second-order valence-electron chi connectivity index (χ2n) is 3.86. The van der Waals surface area contributed by atoms with Crippen molar-refractivity contribution in [2.75, 3.05) is 0 Å². The number of ether oxygens (including phenoxy) is 1. The molecule has 0 bridgehead atoms. The Morgan fingerprint density at radius 3 is 2.32 bits per heavy atom. The maximum Gasteiger partial charge on any atom is 0.550 e. The SMILES string of the molecule is [O]C(=O)OC(c1cccc2ccccc12)C(F)(F)F. The Morgan fingerprint density at radius 1 is 1.05 bits per heavy atom. The highest BCUT2D eigenvalue weighted by Crippen LogP contribution is 2.38. The molecule has 99 valence electrons. The van der Waals surface area contributed by atoms with Crippen LogP contribution in [0.3, 0.4) is 0 Å². The number of rotatable bonds is 2. The van der Waals surface area contributed by atoms with E-state index in [2.05, 4.69) is 4.74 Å². The van der Waals surface area contributed by atoms with Gasteiger partial charge in [0, 0.05) is 5.56 Å². The minimum Gasteiger partial charge on any atom is -0.414 e. The minimum absolute atomic E-state index is 0.255. The standard InChI is InChI=1S/C13H8F3O3/c14-13(15,16)11(19-12(17)18)10-7-3-5-8-4-1-2-6-9(8)10/h1-7,11H. The number of hydrogen-bond donors (Lipinski definition) is 0. The molecule has 6 heteroatoms. The van der Waals surface area contributed by atoms with Crippen LogP contribution in [0.2, 0.25) is 0 Å². The molecule has 0 heterocycles. The van der Waals surface area contributed by atoms with Gasteiger partial charge in [0.1, 0.15) is 0 Å². The highest BCUT2D eigenvalue weighted by atomic mass is 19.4. The third-order valence-corrected chi connectivity index (χ3v) is 2.62. The predicted octanol–water partition coefficient (Wildman–Crippen LogP) is 4.01. The second-order valence-corrected chi connectivity index (χ2v) is 3.86. The molecule has 3 nitrogen and oxygen atoms in total. The molecule has 0 aliphatic rings.